The van der Waals surface area contributed by atoms with E-state index in [4.69, 9.17) is 4.74 Å². The number of carbonyl (C=O) groups excluding carboxylic acids is 2. The molecule has 8 heteroatoms. The number of amides is 2. The van der Waals surface area contributed by atoms with Crippen molar-refractivity contribution in [3.63, 3.8) is 0 Å². The molecule has 0 spiro atoms. The van der Waals surface area contributed by atoms with Gasteiger partial charge >= 0.3 is 6.03 Å². The summed E-state index contributed by atoms with van der Waals surface area (Å²) in [6, 6.07) is 5.05. The van der Waals surface area contributed by atoms with E-state index < -0.39 is 0 Å². The zero-order valence-electron chi connectivity index (χ0n) is 21.1. The predicted molar refractivity (Wildman–Crippen MR) is 133 cm³/mol. The number of nitrogens with one attached hydrogen (secondary N) is 3. The Labute approximate surface area is 204 Å². The topological polar surface area (TPSA) is 82.7 Å². The largest absolute Gasteiger partial charge is 0.490 e. The Morgan fingerprint density at radius 2 is 1.94 bits per heavy atom. The standard InChI is InChI=1S/C26H43FN4O3/c1-4-13-26(14-5-2,22-11-12-23(27)24(19-22)34-20-21-9-10-21)30-29-15-7-6-8-16-31(17-18-32)25(33)28-3/h11-12,18-19,21,29-30H,4-10,13-17,20H2,1-3H3,(H,28,33). The van der Waals surface area contributed by atoms with Crippen LogP contribution in [-0.2, 0) is 10.3 Å². The summed E-state index contributed by atoms with van der Waals surface area (Å²) in [6.07, 6.45) is 9.63. The SMILES string of the molecule is CCCC(CCC)(NNCCCCCN(CC=O)C(=O)NC)c1ccc(F)c(OCC2CC2)c1. The highest BCUT2D eigenvalue weighted by Crippen LogP contribution is 2.35. The Morgan fingerprint density at radius 1 is 1.21 bits per heavy atom. The molecule has 7 nitrogen and oxygen atoms in total. The van der Waals surface area contributed by atoms with E-state index in [-0.39, 0.29) is 23.9 Å². The number of hydrogen-bond acceptors (Lipinski definition) is 5. The zero-order chi connectivity index (χ0) is 24.8. The Morgan fingerprint density at radius 3 is 2.56 bits per heavy atom. The summed E-state index contributed by atoms with van der Waals surface area (Å²) < 4.78 is 20.2. The third-order valence-corrected chi connectivity index (χ3v) is 6.36. The highest BCUT2D eigenvalue weighted by atomic mass is 19.1. The van der Waals surface area contributed by atoms with Gasteiger partial charge in [0.2, 0.25) is 0 Å². The van der Waals surface area contributed by atoms with Gasteiger partial charge in [-0.25, -0.2) is 14.6 Å². The first-order chi connectivity index (χ1) is 16.5. The van der Waals surface area contributed by atoms with Gasteiger partial charge in [-0.05, 0) is 62.1 Å². The highest BCUT2D eigenvalue weighted by Gasteiger charge is 2.31. The molecule has 1 aliphatic rings. The number of unbranched alkanes of at least 4 members (excludes halogenated alkanes) is 2. The van der Waals surface area contributed by atoms with Gasteiger partial charge in [0.05, 0.1) is 18.7 Å². The average molecular weight is 479 g/mol. The molecule has 1 saturated carbocycles. The van der Waals surface area contributed by atoms with E-state index in [1.807, 2.05) is 12.1 Å². The number of halogens is 1. The lowest BCUT2D eigenvalue weighted by molar-refractivity contribution is -0.108. The molecule has 0 heterocycles. The van der Waals surface area contributed by atoms with Crippen LogP contribution in [0.1, 0.15) is 77.2 Å². The average Bonchev–Trinajstić information content (AvgIpc) is 3.66. The van der Waals surface area contributed by atoms with Gasteiger partial charge in [0.25, 0.3) is 0 Å². The van der Waals surface area contributed by atoms with E-state index in [2.05, 4.69) is 30.0 Å². The third-order valence-electron chi connectivity index (χ3n) is 6.36. The molecule has 0 aliphatic heterocycles. The number of rotatable bonds is 18. The number of hydrazine groups is 1. The van der Waals surface area contributed by atoms with Crippen LogP contribution in [0.2, 0.25) is 0 Å². The van der Waals surface area contributed by atoms with Crippen molar-refractivity contribution < 1.29 is 18.7 Å². The molecule has 1 fully saturated rings. The third kappa shape index (κ3) is 8.87. The number of benzene rings is 1. The summed E-state index contributed by atoms with van der Waals surface area (Å²) in [7, 11) is 1.57. The molecule has 0 unspecified atom stereocenters. The Balaban J connectivity index is 1.91. The lowest BCUT2D eigenvalue weighted by Gasteiger charge is -2.36. The van der Waals surface area contributed by atoms with E-state index in [1.54, 1.807) is 7.05 Å². The van der Waals surface area contributed by atoms with Gasteiger partial charge in [-0.15, -0.1) is 0 Å². The molecule has 0 aromatic heterocycles. The Kier molecular flexibility index (Phi) is 12.3. The molecule has 0 atom stereocenters. The fraction of sp³-hybridized carbons (Fsp3) is 0.692. The first-order valence-corrected chi connectivity index (χ1v) is 12.8. The van der Waals surface area contributed by atoms with Gasteiger partial charge in [-0.3, -0.25) is 5.43 Å². The molecule has 34 heavy (non-hydrogen) atoms. The van der Waals surface area contributed by atoms with Gasteiger partial charge in [0.15, 0.2) is 11.6 Å². The summed E-state index contributed by atoms with van der Waals surface area (Å²) in [5, 5.41) is 2.56. The molecule has 192 valence electrons. The second kappa shape index (κ2) is 14.9. The lowest BCUT2D eigenvalue weighted by Crippen LogP contribution is -2.50. The molecule has 0 bridgehead atoms. The minimum atomic E-state index is -0.306. The fourth-order valence-electron chi connectivity index (χ4n) is 4.32. The number of hydrogen-bond donors (Lipinski definition) is 3. The van der Waals surface area contributed by atoms with E-state index in [0.29, 0.717) is 24.8 Å². The first kappa shape index (κ1) is 28.1. The van der Waals surface area contributed by atoms with Gasteiger partial charge in [-0.1, -0.05) is 39.2 Å². The minimum absolute atomic E-state index is 0.111. The van der Waals surface area contributed by atoms with E-state index >= 15 is 0 Å². The number of nitrogens with zero attached hydrogens (tertiary/aromatic N) is 1. The number of carbonyl (C=O) groups is 2. The van der Waals surface area contributed by atoms with Crippen LogP contribution in [0.4, 0.5) is 9.18 Å². The van der Waals surface area contributed by atoms with Crippen molar-refractivity contribution in [3.8, 4) is 5.75 Å². The first-order valence-electron chi connectivity index (χ1n) is 12.8. The van der Waals surface area contributed by atoms with Crippen molar-refractivity contribution in [1.29, 1.82) is 0 Å². The molecule has 1 aromatic rings. The maximum Gasteiger partial charge on any atom is 0.317 e. The summed E-state index contributed by atoms with van der Waals surface area (Å²) in [6.45, 7) is 6.36. The Bertz CT molecular complexity index is 752. The summed E-state index contributed by atoms with van der Waals surface area (Å²) >= 11 is 0. The van der Waals surface area contributed by atoms with Crippen LogP contribution < -0.4 is 20.9 Å². The fourth-order valence-corrected chi connectivity index (χ4v) is 4.32. The number of urea groups is 1. The normalized spacial score (nSPS) is 13.5. The molecular formula is C26H43FN4O3. The van der Waals surface area contributed by atoms with E-state index in [1.165, 1.54) is 23.8 Å². The van der Waals surface area contributed by atoms with Crippen molar-refractivity contribution >= 4 is 12.3 Å². The van der Waals surface area contributed by atoms with Crippen LogP contribution in [0.25, 0.3) is 0 Å². The predicted octanol–water partition coefficient (Wildman–Crippen LogP) is 4.51. The summed E-state index contributed by atoms with van der Waals surface area (Å²) in [4.78, 5) is 24.0. The van der Waals surface area contributed by atoms with Crippen molar-refractivity contribution in [2.24, 2.45) is 5.92 Å². The molecule has 2 rings (SSSR count). The maximum absolute atomic E-state index is 14.4. The monoisotopic (exact) mass is 478 g/mol. The summed E-state index contributed by atoms with van der Waals surface area (Å²) in [5.41, 5.74) is 7.73. The van der Waals surface area contributed by atoms with E-state index in [0.717, 1.165) is 63.3 Å². The van der Waals surface area contributed by atoms with Gasteiger partial charge in [-0.2, -0.15) is 0 Å². The highest BCUT2D eigenvalue weighted by molar-refractivity contribution is 5.76. The maximum atomic E-state index is 14.4. The van der Waals surface area contributed by atoms with Crippen molar-refractivity contribution in [3.05, 3.63) is 29.6 Å². The second-order valence-electron chi connectivity index (χ2n) is 9.26. The van der Waals surface area contributed by atoms with Crippen LogP contribution in [0.5, 0.6) is 5.75 Å². The molecule has 1 aliphatic carbocycles. The van der Waals surface area contributed by atoms with Crippen molar-refractivity contribution in [2.75, 3.05) is 33.3 Å². The van der Waals surface area contributed by atoms with Crippen LogP contribution in [0, 0.1) is 11.7 Å². The summed E-state index contributed by atoms with van der Waals surface area (Å²) in [5.74, 6) is 0.610. The van der Waals surface area contributed by atoms with Crippen LogP contribution in [0.3, 0.4) is 0 Å². The molecule has 0 saturated heterocycles. The van der Waals surface area contributed by atoms with Gasteiger partial charge in [0.1, 0.15) is 6.29 Å². The van der Waals surface area contributed by atoms with Crippen LogP contribution in [-0.4, -0.2) is 50.5 Å². The van der Waals surface area contributed by atoms with Crippen LogP contribution >= 0.6 is 0 Å². The number of ether oxygens (including phenoxy) is 1. The molecule has 3 N–H and O–H groups in total. The minimum Gasteiger partial charge on any atom is -0.490 e. The quantitative estimate of drug-likeness (QED) is 0.164. The lowest BCUT2D eigenvalue weighted by atomic mass is 9.82. The molecule has 1 aromatic carbocycles. The van der Waals surface area contributed by atoms with Gasteiger partial charge < -0.3 is 19.7 Å². The zero-order valence-corrected chi connectivity index (χ0v) is 21.1. The Hall–Kier alpha value is -2.19. The van der Waals surface area contributed by atoms with E-state index in [9.17, 15) is 14.0 Å². The van der Waals surface area contributed by atoms with Crippen molar-refractivity contribution in [1.82, 2.24) is 21.1 Å². The van der Waals surface area contributed by atoms with Crippen molar-refractivity contribution in [2.45, 2.75) is 77.2 Å². The molecule has 0 radical (unpaired) electrons. The molecule has 2 amide bonds. The molecular weight excluding hydrogens is 435 g/mol. The number of aldehydes is 1. The second-order valence-corrected chi connectivity index (χ2v) is 9.26. The van der Waals surface area contributed by atoms with Crippen LogP contribution in [0.15, 0.2) is 18.2 Å². The van der Waals surface area contributed by atoms with Gasteiger partial charge in [0, 0.05) is 20.1 Å². The smallest absolute Gasteiger partial charge is 0.317 e.